The Bertz CT molecular complexity index is 642. The molecule has 0 fully saturated rings. The predicted octanol–water partition coefficient (Wildman–Crippen LogP) is 2.54. The number of hydrogen-bond acceptors (Lipinski definition) is 3. The fourth-order valence-electron chi connectivity index (χ4n) is 1.71. The molecular weight excluding hydrogens is 240 g/mol. The van der Waals surface area contributed by atoms with Crippen molar-refractivity contribution < 1.29 is 9.90 Å². The van der Waals surface area contributed by atoms with Crippen molar-refractivity contribution in [3.63, 3.8) is 0 Å². The number of amides is 1. The smallest absolute Gasteiger partial charge is 0.258 e. The summed E-state index contributed by atoms with van der Waals surface area (Å²) in [5.41, 5.74) is 1.64. The first-order valence-electron chi connectivity index (χ1n) is 5.69. The van der Waals surface area contributed by atoms with Crippen LogP contribution in [-0.4, -0.2) is 18.1 Å². The minimum absolute atomic E-state index is 0.0547. The summed E-state index contributed by atoms with van der Waals surface area (Å²) in [6.45, 7) is 0. The molecule has 0 atom stereocenters. The van der Waals surface area contributed by atoms with Gasteiger partial charge in [-0.1, -0.05) is 6.07 Å². The Hall–Kier alpha value is -2.80. The lowest BCUT2D eigenvalue weighted by atomic mass is 10.1. The molecule has 0 aromatic heterocycles. The third-order valence-electron chi connectivity index (χ3n) is 2.78. The Labute approximate surface area is 111 Å². The average molecular weight is 252 g/mol. The number of phenolic OH excluding ortho intramolecular Hbond substituents is 1. The van der Waals surface area contributed by atoms with Gasteiger partial charge in [0.15, 0.2) is 0 Å². The van der Waals surface area contributed by atoms with Crippen LogP contribution in [0.4, 0.5) is 5.69 Å². The lowest BCUT2D eigenvalue weighted by Gasteiger charge is -2.17. The highest BCUT2D eigenvalue weighted by molar-refractivity contribution is 6.05. The molecule has 0 aliphatic rings. The molecule has 4 nitrogen and oxygen atoms in total. The van der Waals surface area contributed by atoms with E-state index < -0.39 is 0 Å². The molecule has 94 valence electrons. The molecule has 2 aromatic rings. The van der Waals surface area contributed by atoms with E-state index in [1.54, 1.807) is 43.4 Å². The highest BCUT2D eigenvalue weighted by atomic mass is 16.3. The highest BCUT2D eigenvalue weighted by Gasteiger charge is 2.13. The van der Waals surface area contributed by atoms with E-state index in [-0.39, 0.29) is 11.7 Å². The Balaban J connectivity index is 2.26. The number of carbonyl (C=O) groups excluding carboxylic acids is 1. The monoisotopic (exact) mass is 252 g/mol. The summed E-state index contributed by atoms with van der Waals surface area (Å²) in [5, 5.41) is 18.1. The number of carbonyl (C=O) groups is 1. The van der Waals surface area contributed by atoms with Gasteiger partial charge in [0.25, 0.3) is 5.91 Å². The summed E-state index contributed by atoms with van der Waals surface area (Å²) < 4.78 is 0. The Kier molecular flexibility index (Phi) is 3.48. The van der Waals surface area contributed by atoms with E-state index in [2.05, 4.69) is 0 Å². The van der Waals surface area contributed by atoms with E-state index >= 15 is 0 Å². The molecule has 2 aromatic carbocycles. The molecular formula is C15H12N2O2. The van der Waals surface area contributed by atoms with Crippen LogP contribution >= 0.6 is 0 Å². The SMILES string of the molecule is CN(C(=O)c1cccc(O)c1)c1ccc(C#N)cc1. The van der Waals surface area contributed by atoms with E-state index in [0.29, 0.717) is 16.8 Å². The molecule has 4 heteroatoms. The number of aromatic hydroxyl groups is 1. The third kappa shape index (κ3) is 2.72. The van der Waals surface area contributed by atoms with Gasteiger partial charge in [-0.3, -0.25) is 4.79 Å². The van der Waals surface area contributed by atoms with Crippen LogP contribution in [0.2, 0.25) is 0 Å². The molecule has 2 rings (SSSR count). The summed E-state index contributed by atoms with van der Waals surface area (Å²) in [4.78, 5) is 13.7. The van der Waals surface area contributed by atoms with Crippen LogP contribution in [-0.2, 0) is 0 Å². The fourth-order valence-corrected chi connectivity index (χ4v) is 1.71. The maximum atomic E-state index is 12.2. The van der Waals surface area contributed by atoms with Crippen molar-refractivity contribution in [2.75, 3.05) is 11.9 Å². The number of anilines is 1. The maximum Gasteiger partial charge on any atom is 0.258 e. The molecule has 0 saturated heterocycles. The summed E-state index contributed by atoms with van der Waals surface area (Å²) >= 11 is 0. The number of nitrogens with zero attached hydrogens (tertiary/aromatic N) is 2. The van der Waals surface area contributed by atoms with Crippen molar-refractivity contribution in [3.8, 4) is 11.8 Å². The van der Waals surface area contributed by atoms with Crippen LogP contribution in [0, 0.1) is 11.3 Å². The van der Waals surface area contributed by atoms with E-state index in [0.717, 1.165) is 0 Å². The summed E-state index contributed by atoms with van der Waals surface area (Å²) in [6.07, 6.45) is 0. The Morgan fingerprint density at radius 1 is 1.21 bits per heavy atom. The van der Waals surface area contributed by atoms with Gasteiger partial charge in [0.2, 0.25) is 0 Å². The number of nitriles is 1. The van der Waals surface area contributed by atoms with Gasteiger partial charge in [-0.25, -0.2) is 0 Å². The summed E-state index contributed by atoms with van der Waals surface area (Å²) in [5.74, 6) is -0.167. The Morgan fingerprint density at radius 3 is 2.47 bits per heavy atom. The zero-order valence-corrected chi connectivity index (χ0v) is 10.4. The second-order valence-corrected chi connectivity index (χ2v) is 4.07. The quantitative estimate of drug-likeness (QED) is 0.893. The molecule has 0 heterocycles. The standard InChI is InChI=1S/C15H12N2O2/c1-17(13-7-5-11(10-16)6-8-13)15(19)12-3-2-4-14(18)9-12/h2-9,18H,1H3. The number of phenols is 1. The van der Waals surface area contributed by atoms with Crippen LogP contribution in [0.15, 0.2) is 48.5 Å². The van der Waals surface area contributed by atoms with Gasteiger partial charge in [0.05, 0.1) is 11.6 Å². The van der Waals surface area contributed by atoms with E-state index in [1.165, 1.54) is 17.0 Å². The van der Waals surface area contributed by atoms with E-state index in [1.807, 2.05) is 6.07 Å². The minimum Gasteiger partial charge on any atom is -0.508 e. The van der Waals surface area contributed by atoms with Crippen molar-refractivity contribution in [2.45, 2.75) is 0 Å². The zero-order valence-electron chi connectivity index (χ0n) is 10.4. The average Bonchev–Trinajstić information content (AvgIpc) is 2.46. The van der Waals surface area contributed by atoms with E-state index in [4.69, 9.17) is 5.26 Å². The maximum absolute atomic E-state index is 12.2. The normalized spacial score (nSPS) is 9.68. The van der Waals surface area contributed by atoms with Gasteiger partial charge >= 0.3 is 0 Å². The molecule has 0 unspecified atom stereocenters. The fraction of sp³-hybridized carbons (Fsp3) is 0.0667. The van der Waals surface area contributed by atoms with Crippen LogP contribution < -0.4 is 4.90 Å². The summed E-state index contributed by atoms with van der Waals surface area (Å²) in [6, 6.07) is 14.9. The number of rotatable bonds is 2. The topological polar surface area (TPSA) is 64.3 Å². The zero-order chi connectivity index (χ0) is 13.8. The van der Waals surface area contributed by atoms with Gasteiger partial charge in [0.1, 0.15) is 5.75 Å². The van der Waals surface area contributed by atoms with Gasteiger partial charge in [-0.15, -0.1) is 0 Å². The van der Waals surface area contributed by atoms with Gasteiger partial charge < -0.3 is 10.0 Å². The second-order valence-electron chi connectivity index (χ2n) is 4.07. The first-order valence-corrected chi connectivity index (χ1v) is 5.69. The van der Waals surface area contributed by atoms with Crippen LogP contribution in [0.1, 0.15) is 15.9 Å². The molecule has 0 aliphatic heterocycles. The van der Waals surface area contributed by atoms with Crippen molar-refractivity contribution >= 4 is 11.6 Å². The third-order valence-corrected chi connectivity index (χ3v) is 2.78. The van der Waals surface area contributed by atoms with Gasteiger partial charge in [-0.2, -0.15) is 5.26 Å². The predicted molar refractivity (Wildman–Crippen MR) is 72.0 cm³/mol. The van der Waals surface area contributed by atoms with Gasteiger partial charge in [-0.05, 0) is 42.5 Å². The van der Waals surface area contributed by atoms with Crippen molar-refractivity contribution in [1.29, 1.82) is 5.26 Å². The number of benzene rings is 2. The molecule has 1 N–H and O–H groups in total. The van der Waals surface area contributed by atoms with E-state index in [9.17, 15) is 9.90 Å². The summed E-state index contributed by atoms with van der Waals surface area (Å²) in [7, 11) is 1.65. The molecule has 0 spiro atoms. The largest absolute Gasteiger partial charge is 0.508 e. The Morgan fingerprint density at radius 2 is 1.89 bits per heavy atom. The molecule has 1 amide bonds. The lowest BCUT2D eigenvalue weighted by Crippen LogP contribution is -2.26. The lowest BCUT2D eigenvalue weighted by molar-refractivity contribution is 0.0992. The second kappa shape index (κ2) is 5.23. The van der Waals surface area contributed by atoms with Crippen molar-refractivity contribution in [3.05, 3.63) is 59.7 Å². The van der Waals surface area contributed by atoms with Crippen LogP contribution in [0.5, 0.6) is 5.75 Å². The molecule has 19 heavy (non-hydrogen) atoms. The first-order chi connectivity index (χ1) is 9.11. The minimum atomic E-state index is -0.222. The molecule has 0 saturated carbocycles. The first kappa shape index (κ1) is 12.7. The van der Waals surface area contributed by atoms with Crippen molar-refractivity contribution in [1.82, 2.24) is 0 Å². The molecule has 0 radical (unpaired) electrons. The number of hydrogen-bond donors (Lipinski definition) is 1. The molecule has 0 aliphatic carbocycles. The van der Waals surface area contributed by atoms with Crippen molar-refractivity contribution in [2.24, 2.45) is 0 Å². The highest BCUT2D eigenvalue weighted by Crippen LogP contribution is 2.18. The van der Waals surface area contributed by atoms with Gasteiger partial charge in [0, 0.05) is 18.3 Å². The van der Waals surface area contributed by atoms with Crippen LogP contribution in [0.3, 0.4) is 0 Å². The molecule has 0 bridgehead atoms. The van der Waals surface area contributed by atoms with Crippen LogP contribution in [0.25, 0.3) is 0 Å².